The molecule has 39 heavy (non-hydrogen) atoms. The van der Waals surface area contributed by atoms with Gasteiger partial charge < -0.3 is 25.0 Å². The second-order valence-electron chi connectivity index (χ2n) is 10.5. The predicted molar refractivity (Wildman–Crippen MR) is 159 cm³/mol. The highest BCUT2D eigenvalue weighted by Crippen LogP contribution is 2.34. The zero-order chi connectivity index (χ0) is 27.8. The molecule has 212 valence electrons. The van der Waals surface area contributed by atoms with Crippen LogP contribution in [0.2, 0.25) is 0 Å². The molecule has 3 fully saturated rings. The lowest BCUT2D eigenvalue weighted by Gasteiger charge is -2.43. The van der Waals surface area contributed by atoms with Crippen LogP contribution < -0.4 is 15.5 Å². The minimum absolute atomic E-state index is 0.564. The van der Waals surface area contributed by atoms with E-state index in [1.165, 1.54) is 42.0 Å². The Morgan fingerprint density at radius 1 is 1.00 bits per heavy atom. The molecule has 1 aliphatic carbocycles. The van der Waals surface area contributed by atoms with Gasteiger partial charge in [-0.05, 0) is 38.0 Å². The molecule has 0 atom stereocenters. The third kappa shape index (κ3) is 7.05. The molecule has 2 N–H and O–H groups in total. The van der Waals surface area contributed by atoms with Crippen molar-refractivity contribution >= 4 is 34.9 Å². The maximum absolute atomic E-state index is 9.43. The molecule has 10 heteroatoms. The van der Waals surface area contributed by atoms with Crippen molar-refractivity contribution in [3.8, 4) is 0 Å². The van der Waals surface area contributed by atoms with Gasteiger partial charge in [-0.25, -0.2) is 9.97 Å². The molecule has 3 aromatic heterocycles. The van der Waals surface area contributed by atoms with Gasteiger partial charge in [-0.1, -0.05) is 26.7 Å². The first-order valence-corrected chi connectivity index (χ1v) is 14.4. The van der Waals surface area contributed by atoms with Gasteiger partial charge in [-0.2, -0.15) is 4.98 Å². The minimum Gasteiger partial charge on any atom is -0.368 e. The largest absolute Gasteiger partial charge is 0.368 e. The van der Waals surface area contributed by atoms with Crippen molar-refractivity contribution in [3.63, 3.8) is 0 Å². The molecule has 0 unspecified atom stereocenters. The van der Waals surface area contributed by atoms with Crippen LogP contribution >= 0.6 is 0 Å². The first-order chi connectivity index (χ1) is 19.0. The molecule has 0 radical (unpaired) electrons. The second kappa shape index (κ2) is 13.7. The number of hydrogen-bond acceptors (Lipinski definition) is 8. The van der Waals surface area contributed by atoms with Gasteiger partial charge in [0.25, 0.3) is 0 Å². The van der Waals surface area contributed by atoms with E-state index in [2.05, 4.69) is 54.0 Å². The molecule has 1 amide bonds. The normalized spacial score (nSPS) is 18.0. The van der Waals surface area contributed by atoms with Gasteiger partial charge in [0.1, 0.15) is 11.5 Å². The number of rotatable bonds is 6. The van der Waals surface area contributed by atoms with E-state index < -0.39 is 0 Å². The zero-order valence-corrected chi connectivity index (χ0v) is 24.2. The van der Waals surface area contributed by atoms with E-state index in [1.54, 1.807) is 14.1 Å². The van der Waals surface area contributed by atoms with Crippen LogP contribution in [-0.2, 0) is 4.79 Å². The number of hydrogen-bond donors (Lipinski definition) is 2. The highest BCUT2D eigenvalue weighted by Gasteiger charge is 2.28. The highest BCUT2D eigenvalue weighted by atomic mass is 16.1. The van der Waals surface area contributed by atoms with Crippen molar-refractivity contribution < 1.29 is 4.79 Å². The topological polar surface area (TPSA) is 94.5 Å². The SMILES string of the molecule is CC.CN(C)C=O.Cc1cc2cnc(Nc3ccc(N4CCN(C5CNC5)CC4)cn3)nc2n1C1CCCC1. The lowest BCUT2D eigenvalue weighted by Crippen LogP contribution is -2.61. The molecule has 6 rings (SSSR count). The fraction of sp³-hybridized carbons (Fsp3) is 0.586. The van der Waals surface area contributed by atoms with Crippen molar-refractivity contribution in [1.82, 2.24) is 34.6 Å². The number of piperazine rings is 1. The van der Waals surface area contributed by atoms with Crippen LogP contribution in [0.5, 0.6) is 0 Å². The maximum atomic E-state index is 9.43. The molecule has 3 aliphatic rings. The minimum atomic E-state index is 0.564. The van der Waals surface area contributed by atoms with Crippen LogP contribution in [0.4, 0.5) is 17.5 Å². The summed E-state index contributed by atoms with van der Waals surface area (Å²) < 4.78 is 2.41. The number of carbonyl (C=O) groups is 1. The zero-order valence-electron chi connectivity index (χ0n) is 24.2. The summed E-state index contributed by atoms with van der Waals surface area (Å²) >= 11 is 0. The van der Waals surface area contributed by atoms with Crippen LogP contribution in [-0.4, -0.2) is 95.1 Å². The summed E-state index contributed by atoms with van der Waals surface area (Å²) in [6, 6.07) is 7.68. The van der Waals surface area contributed by atoms with Gasteiger partial charge in [0.2, 0.25) is 12.4 Å². The van der Waals surface area contributed by atoms with Crippen molar-refractivity contribution in [1.29, 1.82) is 0 Å². The molecule has 2 saturated heterocycles. The molecule has 0 aromatic carbocycles. The molecule has 10 nitrogen and oxygen atoms in total. The molecule has 0 spiro atoms. The van der Waals surface area contributed by atoms with E-state index in [1.807, 2.05) is 32.3 Å². The molecule has 2 aliphatic heterocycles. The number of aromatic nitrogens is 4. The second-order valence-corrected chi connectivity index (χ2v) is 10.5. The molecule has 1 saturated carbocycles. The first-order valence-electron chi connectivity index (χ1n) is 14.4. The van der Waals surface area contributed by atoms with E-state index in [4.69, 9.17) is 4.98 Å². The number of amides is 1. The number of anilines is 3. The van der Waals surface area contributed by atoms with Crippen molar-refractivity contribution in [2.24, 2.45) is 0 Å². The van der Waals surface area contributed by atoms with Gasteiger partial charge in [-0.3, -0.25) is 9.69 Å². The maximum Gasteiger partial charge on any atom is 0.230 e. The van der Waals surface area contributed by atoms with Gasteiger partial charge >= 0.3 is 0 Å². The number of pyridine rings is 1. The Labute approximate surface area is 232 Å². The molecular formula is C29H45N9O. The standard InChI is InChI=1S/C24H32N8.C3H7NO.C2H6/c1-17-12-18-13-27-24(29-23(18)32(17)19-4-2-3-5-19)28-22-7-6-20(16-26-22)30-8-10-31(11-9-30)21-14-25-15-21;1-4(2)3-5;1-2/h6-7,12-13,16,19,21,25H,2-5,8-11,14-15H2,1H3,(H,26,27,28,29);3H,1-2H3;1-2H3. The van der Waals surface area contributed by atoms with Crippen molar-refractivity contribution in [2.45, 2.75) is 58.5 Å². The van der Waals surface area contributed by atoms with E-state index in [0.29, 0.717) is 12.0 Å². The average molecular weight is 536 g/mol. The number of fused-ring (bicyclic) bond motifs is 1. The van der Waals surface area contributed by atoms with Crippen LogP contribution in [0, 0.1) is 6.92 Å². The molecule has 5 heterocycles. The fourth-order valence-corrected chi connectivity index (χ4v) is 5.46. The Bertz CT molecular complexity index is 1180. The van der Waals surface area contributed by atoms with E-state index in [-0.39, 0.29) is 0 Å². The highest BCUT2D eigenvalue weighted by molar-refractivity contribution is 5.78. The number of carbonyl (C=O) groups excluding carboxylic acids is 1. The van der Waals surface area contributed by atoms with Crippen LogP contribution in [0.3, 0.4) is 0 Å². The molecular weight excluding hydrogens is 490 g/mol. The van der Waals surface area contributed by atoms with E-state index in [0.717, 1.165) is 68.6 Å². The van der Waals surface area contributed by atoms with Crippen molar-refractivity contribution in [2.75, 3.05) is 63.6 Å². The monoisotopic (exact) mass is 535 g/mol. The first kappa shape index (κ1) is 28.8. The Kier molecular flexibility index (Phi) is 10.1. The Morgan fingerprint density at radius 3 is 2.26 bits per heavy atom. The van der Waals surface area contributed by atoms with Gasteiger partial charge in [-0.15, -0.1) is 0 Å². The Balaban J connectivity index is 0.000000456. The van der Waals surface area contributed by atoms with Gasteiger partial charge in [0.15, 0.2) is 0 Å². The van der Waals surface area contributed by atoms with E-state index >= 15 is 0 Å². The van der Waals surface area contributed by atoms with Crippen molar-refractivity contribution in [3.05, 3.63) is 36.3 Å². The quantitative estimate of drug-likeness (QED) is 0.460. The van der Waals surface area contributed by atoms with Crippen LogP contribution in [0.15, 0.2) is 30.6 Å². The number of nitrogens with zero attached hydrogens (tertiary/aromatic N) is 7. The van der Waals surface area contributed by atoms with Crippen LogP contribution in [0.25, 0.3) is 11.0 Å². The van der Waals surface area contributed by atoms with Crippen LogP contribution in [0.1, 0.15) is 51.3 Å². The lowest BCUT2D eigenvalue weighted by atomic mass is 10.1. The predicted octanol–water partition coefficient (Wildman–Crippen LogP) is 3.82. The summed E-state index contributed by atoms with van der Waals surface area (Å²) in [5.74, 6) is 1.39. The number of nitrogens with one attached hydrogen (secondary N) is 2. The lowest BCUT2D eigenvalue weighted by molar-refractivity contribution is -0.115. The Morgan fingerprint density at radius 2 is 1.69 bits per heavy atom. The summed E-state index contributed by atoms with van der Waals surface area (Å²) in [4.78, 5) is 30.0. The Hall–Kier alpha value is -3.24. The smallest absolute Gasteiger partial charge is 0.230 e. The summed E-state index contributed by atoms with van der Waals surface area (Å²) in [5.41, 5.74) is 3.49. The van der Waals surface area contributed by atoms with E-state index in [9.17, 15) is 4.79 Å². The fourth-order valence-electron chi connectivity index (χ4n) is 5.46. The summed E-state index contributed by atoms with van der Waals surface area (Å²) in [5, 5.41) is 7.79. The summed E-state index contributed by atoms with van der Waals surface area (Å²) in [6.45, 7) is 12.8. The summed E-state index contributed by atoms with van der Waals surface area (Å²) in [7, 11) is 3.38. The van der Waals surface area contributed by atoms with Gasteiger partial charge in [0, 0.05) is 82.7 Å². The number of aryl methyl sites for hydroxylation is 1. The third-order valence-electron chi connectivity index (χ3n) is 7.61. The third-order valence-corrected chi connectivity index (χ3v) is 7.61. The average Bonchev–Trinajstić information content (AvgIpc) is 3.57. The molecule has 0 bridgehead atoms. The van der Waals surface area contributed by atoms with Gasteiger partial charge in [0.05, 0.1) is 11.9 Å². The summed E-state index contributed by atoms with van der Waals surface area (Å²) in [6.07, 6.45) is 9.74. The molecule has 3 aromatic rings.